The number of aliphatic hydroxyl groups excluding tert-OH is 3. The van der Waals surface area contributed by atoms with Crippen LogP contribution in [-0.4, -0.2) is 216 Å². The lowest BCUT2D eigenvalue weighted by Crippen LogP contribution is -2.44. The number of carbonyl (C=O) groups excluding carboxylic acids is 1. The van der Waals surface area contributed by atoms with Gasteiger partial charge in [0.25, 0.3) is 26.0 Å². The van der Waals surface area contributed by atoms with Crippen LogP contribution in [-0.2, 0) is 55.5 Å². The zero-order chi connectivity index (χ0) is 81.8. The van der Waals surface area contributed by atoms with Crippen LogP contribution in [0.25, 0.3) is 82.8 Å². The molecule has 604 valence electrons. The summed E-state index contributed by atoms with van der Waals surface area (Å²) in [4.78, 5) is 21.5. The van der Waals surface area contributed by atoms with Gasteiger partial charge in [-0.1, -0.05) is 75.4 Å². The predicted octanol–water partition coefficient (Wildman–Crippen LogP) is 10.8. The SMILES string of the molecule is CCC(O)CNC(=O)/C(C#N)=C(\C)c1ccc(-c2ccc3cc(NCCN4CCOCC4)ccc3c2)n1C.CCC(O)CNS(=O)(=O)/C(C#N)=C(\C)c1ccc(-c2ccc3cc(N4CCN(C)CC4)ccc3c2)n1C.CCC(O)CNS(=O)(=O)/C(C#N)=C(\C)c1ccc(-c2ccc3cc(NCCN4CCOCC4)ccc3c2)n1C. The first kappa shape index (κ1) is 86.4. The Kier molecular flexibility index (Phi) is 30.6. The molecular weight excluding hydrogens is 1480 g/mol. The zero-order valence-electron chi connectivity index (χ0n) is 67.1. The van der Waals surface area contributed by atoms with E-state index in [2.05, 4.69) is 155 Å². The summed E-state index contributed by atoms with van der Waals surface area (Å²) in [7, 11) is -0.301. The second kappa shape index (κ2) is 40.3. The zero-order valence-corrected chi connectivity index (χ0v) is 68.8. The highest BCUT2D eigenvalue weighted by molar-refractivity contribution is 7.94. The quantitative estimate of drug-likeness (QED) is 0.0159. The van der Waals surface area contributed by atoms with Gasteiger partial charge in [-0.2, -0.15) is 15.8 Å². The number of hydrogen-bond donors (Lipinski definition) is 8. The van der Waals surface area contributed by atoms with E-state index in [0.717, 1.165) is 183 Å². The fourth-order valence-corrected chi connectivity index (χ4v) is 16.6. The van der Waals surface area contributed by atoms with Gasteiger partial charge in [0.2, 0.25) is 0 Å². The summed E-state index contributed by atoms with van der Waals surface area (Å²) in [5, 5.41) is 74.8. The second-order valence-electron chi connectivity index (χ2n) is 29.2. The van der Waals surface area contributed by atoms with Crippen molar-refractivity contribution < 1.29 is 46.4 Å². The minimum Gasteiger partial charge on any atom is -0.392 e. The number of piperazine rings is 1. The maximum absolute atomic E-state index is 12.8. The lowest BCUT2D eigenvalue weighted by atomic mass is 10.0. The molecule has 3 aromatic heterocycles. The number of nitriles is 3. The van der Waals surface area contributed by atoms with Gasteiger partial charge in [-0.15, -0.1) is 0 Å². The summed E-state index contributed by atoms with van der Waals surface area (Å²) < 4.78 is 72.4. The number of aliphatic hydroxyl groups is 3. The normalized spacial score (nSPS) is 16.0. The number of nitrogens with one attached hydrogen (secondary N) is 5. The van der Waals surface area contributed by atoms with Crippen molar-refractivity contribution >= 4 is 92.1 Å². The molecule has 3 fully saturated rings. The lowest BCUT2D eigenvalue weighted by Gasteiger charge is -2.34. The molecule has 0 saturated carbocycles. The van der Waals surface area contributed by atoms with Crippen molar-refractivity contribution in [1.82, 2.24) is 43.2 Å². The molecule has 3 unspecified atom stereocenters. The summed E-state index contributed by atoms with van der Waals surface area (Å²) in [5.74, 6) is -0.472. The minimum atomic E-state index is -4.06. The second-order valence-corrected chi connectivity index (χ2v) is 32.6. The Bertz CT molecular complexity index is 5330. The Hall–Kier alpha value is -10.0. The first-order chi connectivity index (χ1) is 54.8. The predicted molar refractivity (Wildman–Crippen MR) is 457 cm³/mol. The molecule has 3 aliphatic heterocycles. The van der Waals surface area contributed by atoms with E-state index in [-0.39, 0.29) is 35.0 Å². The van der Waals surface area contributed by atoms with Crippen LogP contribution in [0.4, 0.5) is 17.1 Å². The number of carbonyl (C=O) groups is 1. The highest BCUT2D eigenvalue weighted by atomic mass is 32.2. The van der Waals surface area contributed by atoms with Gasteiger partial charge >= 0.3 is 0 Å². The molecule has 3 aliphatic rings. The summed E-state index contributed by atoms with van der Waals surface area (Å²) >= 11 is 0. The van der Waals surface area contributed by atoms with E-state index in [0.29, 0.717) is 47.4 Å². The van der Waals surface area contributed by atoms with Gasteiger partial charge in [0, 0.05) is 182 Å². The van der Waals surface area contributed by atoms with E-state index in [1.165, 1.54) is 11.1 Å². The molecule has 1 amide bonds. The van der Waals surface area contributed by atoms with Crippen LogP contribution >= 0.6 is 0 Å². The standard InChI is InChI=1S/C30H37N5O3.C29H37N5O4S.C28H35N5O3S/c1-4-26(36)20-33-30(37)27(19-31)21(2)28-9-10-29(34(28)3)24-6-5-23-18-25(8-7-22(23)17-24)32-11-12-35-13-15-38-16-14-35;1-4-26(35)20-32-39(36,37)29(19-30)21(2)27-9-10-28(33(27)3)24-6-5-23-18-25(8-7-22(23)17-24)31-11-12-34-13-15-38-16-14-34;1-5-25(34)19-30-37(35,36)28(18-29)20(2)26-10-11-27(32(26)4)23-7-6-22-17-24(9-8-21(22)16-23)33-14-12-31(3)13-15-33/h5-10,17-18,26,32,36H,4,11-16,20H2,1-3H3,(H,33,37);5-10,17-18,26,31-32,35H,4,11-16,20H2,1-3H3;6-11,16-17,25,30,34H,5,12-15,19H2,1-4H3/b27-21+;29-21+;28-20+. The number of sulfonamides is 2. The van der Waals surface area contributed by atoms with Crippen LogP contribution in [0, 0.1) is 34.0 Å². The molecule has 0 bridgehead atoms. The molecule has 3 saturated heterocycles. The number of benzene rings is 6. The fourth-order valence-electron chi connectivity index (χ4n) is 14.2. The van der Waals surface area contributed by atoms with Crippen LogP contribution in [0.1, 0.15) is 77.9 Å². The topological polar surface area (TPSA) is 324 Å². The smallest absolute Gasteiger partial charge is 0.262 e. The third-order valence-corrected chi connectivity index (χ3v) is 24.5. The molecule has 27 heteroatoms. The maximum atomic E-state index is 12.8. The van der Waals surface area contributed by atoms with Gasteiger partial charge < -0.3 is 64.2 Å². The number of aromatic nitrogens is 3. The van der Waals surface area contributed by atoms with Crippen molar-refractivity contribution in [3.8, 4) is 52.0 Å². The van der Waals surface area contributed by atoms with Gasteiger partial charge in [-0.3, -0.25) is 14.6 Å². The van der Waals surface area contributed by atoms with Crippen molar-refractivity contribution in [2.45, 2.75) is 79.1 Å². The van der Waals surface area contributed by atoms with Crippen LogP contribution in [0.3, 0.4) is 0 Å². The molecule has 0 radical (unpaired) electrons. The largest absolute Gasteiger partial charge is 0.392 e. The minimum absolute atomic E-state index is 0.0493. The fraction of sp³-hybridized carbons (Fsp3) is 0.402. The molecule has 25 nitrogen and oxygen atoms in total. The van der Waals surface area contributed by atoms with Crippen LogP contribution in [0.2, 0.25) is 0 Å². The average molecular weight is 1590 g/mol. The summed E-state index contributed by atoms with van der Waals surface area (Å²) in [5.41, 5.74) is 12.7. The Morgan fingerprint density at radius 3 is 1.19 bits per heavy atom. The van der Waals surface area contributed by atoms with E-state index in [9.17, 15) is 52.7 Å². The number of allylic oxidation sites excluding steroid dienone is 5. The van der Waals surface area contributed by atoms with E-state index in [4.69, 9.17) is 9.47 Å². The molecule has 12 rings (SSSR count). The number of fused-ring (bicyclic) bond motifs is 3. The van der Waals surface area contributed by atoms with E-state index >= 15 is 0 Å². The molecule has 6 heterocycles. The molecule has 3 atom stereocenters. The van der Waals surface area contributed by atoms with E-state index in [1.807, 2.05) is 102 Å². The summed E-state index contributed by atoms with van der Waals surface area (Å²) in [6.07, 6.45) is -0.886. The van der Waals surface area contributed by atoms with Gasteiger partial charge in [-0.05, 0) is 193 Å². The Morgan fingerprint density at radius 1 is 0.447 bits per heavy atom. The van der Waals surface area contributed by atoms with Gasteiger partial charge in [0.15, 0.2) is 9.81 Å². The van der Waals surface area contributed by atoms with Crippen LogP contribution < -0.4 is 30.3 Å². The summed E-state index contributed by atoms with van der Waals surface area (Å²) in [6, 6.07) is 55.5. The summed E-state index contributed by atoms with van der Waals surface area (Å²) in [6.45, 7) is 25.3. The number of likely N-dealkylation sites (N-methyl/N-ethyl adjacent to an activating group) is 1. The van der Waals surface area contributed by atoms with Crippen molar-refractivity contribution in [3.05, 3.63) is 178 Å². The number of ether oxygens (including phenoxy) is 2. The number of rotatable bonds is 29. The van der Waals surface area contributed by atoms with Crippen LogP contribution in [0.5, 0.6) is 0 Å². The van der Waals surface area contributed by atoms with Crippen molar-refractivity contribution in [2.24, 2.45) is 21.1 Å². The molecule has 6 aromatic carbocycles. The maximum Gasteiger partial charge on any atom is 0.262 e. The van der Waals surface area contributed by atoms with Gasteiger partial charge in [0.1, 0.15) is 23.8 Å². The molecule has 8 N–H and O–H groups in total. The Balaban J connectivity index is 0.000000181. The average Bonchev–Trinajstić information content (AvgIpc) is 1.50. The van der Waals surface area contributed by atoms with Crippen molar-refractivity contribution in [1.29, 1.82) is 15.8 Å². The Morgan fingerprint density at radius 2 is 0.807 bits per heavy atom. The molecule has 9 aromatic rings. The lowest BCUT2D eigenvalue weighted by molar-refractivity contribution is -0.117. The number of hydrogen-bond acceptors (Lipinski definition) is 19. The van der Waals surface area contributed by atoms with Gasteiger partial charge in [0.05, 0.1) is 44.7 Å². The molecule has 114 heavy (non-hydrogen) atoms. The van der Waals surface area contributed by atoms with Crippen molar-refractivity contribution in [3.63, 3.8) is 0 Å². The van der Waals surface area contributed by atoms with E-state index in [1.54, 1.807) is 34.6 Å². The third kappa shape index (κ3) is 21.9. The molecule has 0 aliphatic carbocycles. The number of anilines is 3. The highest BCUT2D eigenvalue weighted by Gasteiger charge is 2.27. The third-order valence-electron chi connectivity index (χ3n) is 21.6. The number of nitrogens with zero attached hydrogens (tertiary/aromatic N) is 10. The highest BCUT2D eigenvalue weighted by Crippen LogP contribution is 2.35. The number of morpholine rings is 2. The molecule has 0 spiro atoms. The van der Waals surface area contributed by atoms with E-state index < -0.39 is 44.3 Å². The first-order valence-electron chi connectivity index (χ1n) is 39.1. The van der Waals surface area contributed by atoms with Crippen molar-refractivity contribution in [2.75, 3.05) is 147 Å². The van der Waals surface area contributed by atoms with Crippen LogP contribution in [0.15, 0.2) is 161 Å². The monoisotopic (exact) mass is 1590 g/mol. The Labute approximate surface area is 671 Å². The molecular formula is C87H109N15O10S2. The first-order valence-corrected chi connectivity index (χ1v) is 42.0. The van der Waals surface area contributed by atoms with Gasteiger partial charge in [-0.25, -0.2) is 26.3 Å². The number of amides is 1.